The molecule has 0 spiro atoms. The average Bonchev–Trinajstić information content (AvgIpc) is 3.06. The van der Waals surface area contributed by atoms with Crippen LogP contribution in [0.25, 0.3) is 16.8 Å². The number of amides is 1. The van der Waals surface area contributed by atoms with E-state index in [2.05, 4.69) is 10.4 Å². The van der Waals surface area contributed by atoms with Crippen molar-refractivity contribution in [3.63, 3.8) is 0 Å². The van der Waals surface area contributed by atoms with E-state index in [1.54, 1.807) is 13.0 Å². The highest BCUT2D eigenvalue weighted by atomic mass is 32.2. The fraction of sp³-hybridized carbons (Fsp3) is 0.364. The maximum absolute atomic E-state index is 13.5. The monoisotopic (exact) mass is 524 g/mol. The van der Waals surface area contributed by atoms with Gasteiger partial charge in [0, 0.05) is 24.4 Å². The lowest BCUT2D eigenvalue weighted by molar-refractivity contribution is 0.0193. The number of aromatic nitrogens is 2. The van der Waals surface area contributed by atoms with E-state index in [0.717, 1.165) is 16.8 Å². The van der Waals surface area contributed by atoms with Crippen molar-refractivity contribution in [3.05, 3.63) is 53.5 Å². The van der Waals surface area contributed by atoms with Crippen LogP contribution >= 0.6 is 0 Å². The molecular weight excluding hydrogens is 499 g/mol. The molecule has 1 N–H and O–H groups in total. The molecule has 2 unspecified atom stereocenters. The van der Waals surface area contributed by atoms with Gasteiger partial charge in [0.1, 0.15) is 21.3 Å². The number of sulfonamides is 1. The second-order valence-corrected chi connectivity index (χ2v) is 12.6. The molecule has 1 aromatic carbocycles. The van der Waals surface area contributed by atoms with E-state index in [9.17, 15) is 26.0 Å². The summed E-state index contributed by atoms with van der Waals surface area (Å²) in [7, 11) is -5.81. The minimum Gasteiger partial charge on any atom is -0.368 e. The molecule has 3 aromatic rings. The highest BCUT2D eigenvalue weighted by Crippen LogP contribution is 2.37. The van der Waals surface area contributed by atoms with E-state index in [4.69, 9.17) is 4.74 Å². The Balaban J connectivity index is 1.96. The number of nitrogens with zero attached hydrogens (tertiary/aromatic N) is 3. The Bertz CT molecular complexity index is 1520. The highest BCUT2D eigenvalue weighted by molar-refractivity contribution is 7.92. The smallest absolute Gasteiger partial charge is 0.255 e. The molecule has 0 saturated carbocycles. The number of pyridine rings is 1. The number of ether oxygens (including phenoxy) is 1. The van der Waals surface area contributed by atoms with Crippen molar-refractivity contribution >= 4 is 37.0 Å². The lowest BCUT2D eigenvalue weighted by Crippen LogP contribution is -2.39. The summed E-state index contributed by atoms with van der Waals surface area (Å²) in [6, 6.07) is 7.13. The van der Waals surface area contributed by atoms with Crippen molar-refractivity contribution in [2.24, 2.45) is 0 Å². The van der Waals surface area contributed by atoms with Gasteiger partial charge in [-0.25, -0.2) is 25.7 Å². The quantitative estimate of drug-likeness (QED) is 0.539. The molecule has 2 aromatic heterocycles. The van der Waals surface area contributed by atoms with Crippen molar-refractivity contribution < 1.29 is 30.8 Å². The molecule has 0 aliphatic carbocycles. The fourth-order valence-corrected chi connectivity index (χ4v) is 6.03. The Kier molecular flexibility index (Phi) is 6.36. The van der Waals surface area contributed by atoms with E-state index in [1.807, 2.05) is 0 Å². The molecule has 0 radical (unpaired) electrons. The first kappa shape index (κ1) is 25.1. The van der Waals surface area contributed by atoms with Crippen LogP contribution in [0.2, 0.25) is 0 Å². The van der Waals surface area contributed by atoms with Crippen LogP contribution in [0.15, 0.2) is 36.5 Å². The number of hydrogen-bond acceptors (Lipinski definition) is 7. The molecule has 0 fully saturated rings. The third-order valence-electron chi connectivity index (χ3n) is 5.71. The van der Waals surface area contributed by atoms with Crippen LogP contribution in [-0.2, 0) is 24.6 Å². The molecule has 0 saturated heterocycles. The average molecular weight is 525 g/mol. The number of rotatable bonds is 5. The van der Waals surface area contributed by atoms with Crippen molar-refractivity contribution in [1.29, 1.82) is 0 Å². The largest absolute Gasteiger partial charge is 0.368 e. The van der Waals surface area contributed by atoms with E-state index in [0.29, 0.717) is 22.3 Å². The van der Waals surface area contributed by atoms with Gasteiger partial charge >= 0.3 is 0 Å². The summed E-state index contributed by atoms with van der Waals surface area (Å²) < 4.78 is 71.2. The lowest BCUT2D eigenvalue weighted by Gasteiger charge is -2.24. The molecule has 1 amide bonds. The van der Waals surface area contributed by atoms with E-state index < -0.39 is 43.8 Å². The second-order valence-electron chi connectivity index (χ2n) is 8.54. The number of nitrogens with one attached hydrogen (secondary N) is 1. The molecule has 4 rings (SSSR count). The van der Waals surface area contributed by atoms with Crippen molar-refractivity contribution in [3.8, 4) is 11.3 Å². The lowest BCUT2D eigenvalue weighted by atomic mass is 10.0. The normalized spacial score (nSPS) is 18.8. The van der Waals surface area contributed by atoms with Gasteiger partial charge in [-0.05, 0) is 37.3 Å². The van der Waals surface area contributed by atoms with Gasteiger partial charge in [-0.3, -0.25) is 9.10 Å². The Morgan fingerprint density at radius 3 is 2.43 bits per heavy atom. The van der Waals surface area contributed by atoms with Crippen LogP contribution in [-0.4, -0.2) is 70.3 Å². The third-order valence-corrected chi connectivity index (χ3v) is 7.84. The maximum Gasteiger partial charge on any atom is 0.255 e. The Hall–Kier alpha value is -3.03. The van der Waals surface area contributed by atoms with Gasteiger partial charge < -0.3 is 10.1 Å². The number of sulfone groups is 1. The molecule has 10 nitrogen and oxygen atoms in total. The molecule has 0 bridgehead atoms. The SMILES string of the molecule is CNC(=O)c1c(-c2ccc(F)cc2)nn2cc3c(cc12)C(C)OC(CS(C)(=O)=O)CN3S(C)(=O)=O. The van der Waals surface area contributed by atoms with Gasteiger partial charge in [0.05, 0.1) is 53.7 Å². The number of fused-ring (bicyclic) bond motifs is 2. The van der Waals surface area contributed by atoms with E-state index >= 15 is 0 Å². The van der Waals surface area contributed by atoms with Crippen LogP contribution in [0, 0.1) is 5.82 Å². The van der Waals surface area contributed by atoms with Gasteiger partial charge in [0.25, 0.3) is 5.91 Å². The summed E-state index contributed by atoms with van der Waals surface area (Å²) in [6.07, 6.45) is 1.98. The summed E-state index contributed by atoms with van der Waals surface area (Å²) >= 11 is 0. The molecule has 35 heavy (non-hydrogen) atoms. The van der Waals surface area contributed by atoms with Gasteiger partial charge in [0.2, 0.25) is 10.0 Å². The third kappa shape index (κ3) is 5.02. The maximum atomic E-state index is 13.5. The predicted octanol–water partition coefficient (Wildman–Crippen LogP) is 1.77. The first-order valence-corrected chi connectivity index (χ1v) is 14.5. The highest BCUT2D eigenvalue weighted by Gasteiger charge is 2.34. The van der Waals surface area contributed by atoms with Gasteiger partial charge in [0.15, 0.2) is 0 Å². The first-order valence-electron chi connectivity index (χ1n) is 10.6. The van der Waals surface area contributed by atoms with Gasteiger partial charge in [-0.15, -0.1) is 0 Å². The van der Waals surface area contributed by atoms with Crippen LogP contribution in [0.4, 0.5) is 10.1 Å². The molecule has 188 valence electrons. The topological polar surface area (TPSA) is 127 Å². The van der Waals surface area contributed by atoms with Crippen LogP contribution < -0.4 is 9.62 Å². The second kappa shape index (κ2) is 8.88. The number of halogens is 1. The number of carbonyl (C=O) groups excluding carboxylic acids is 1. The minimum absolute atomic E-state index is 0.205. The van der Waals surface area contributed by atoms with Crippen molar-refractivity contribution in [1.82, 2.24) is 14.9 Å². The Morgan fingerprint density at radius 2 is 1.86 bits per heavy atom. The van der Waals surface area contributed by atoms with E-state index in [-0.39, 0.29) is 23.5 Å². The van der Waals surface area contributed by atoms with Crippen LogP contribution in [0.5, 0.6) is 0 Å². The number of anilines is 1. The number of benzene rings is 1. The Morgan fingerprint density at radius 1 is 1.20 bits per heavy atom. The molecule has 2 atom stereocenters. The number of carbonyl (C=O) groups is 1. The molecule has 1 aliphatic heterocycles. The fourth-order valence-electron chi connectivity index (χ4n) is 4.22. The molecule has 3 heterocycles. The molecule has 13 heteroatoms. The number of hydrogen-bond donors (Lipinski definition) is 1. The summed E-state index contributed by atoms with van der Waals surface area (Å²) in [5, 5.41) is 7.10. The zero-order valence-corrected chi connectivity index (χ0v) is 21.2. The van der Waals surface area contributed by atoms with Crippen molar-refractivity contribution in [2.75, 3.05) is 36.2 Å². The summed E-state index contributed by atoms with van der Waals surface area (Å²) in [5.41, 5.74) is 2.11. The first-order chi connectivity index (χ1) is 16.3. The van der Waals surface area contributed by atoms with E-state index in [1.165, 1.54) is 42.0 Å². The Labute approximate surface area is 202 Å². The van der Waals surface area contributed by atoms with Crippen LogP contribution in [0.3, 0.4) is 0 Å². The zero-order valence-electron chi connectivity index (χ0n) is 19.5. The molecular formula is C22H25FN4O6S2. The summed E-state index contributed by atoms with van der Waals surface area (Å²) in [5.74, 6) is -1.23. The summed E-state index contributed by atoms with van der Waals surface area (Å²) in [6.45, 7) is 1.48. The van der Waals surface area contributed by atoms with Crippen LogP contribution in [0.1, 0.15) is 28.9 Å². The molecule has 1 aliphatic rings. The van der Waals surface area contributed by atoms with Gasteiger partial charge in [-0.2, -0.15) is 5.10 Å². The predicted molar refractivity (Wildman–Crippen MR) is 129 cm³/mol. The zero-order chi connectivity index (χ0) is 25.7. The van der Waals surface area contributed by atoms with Gasteiger partial charge in [-0.1, -0.05) is 0 Å². The summed E-state index contributed by atoms with van der Waals surface area (Å²) in [4.78, 5) is 12.9. The minimum atomic E-state index is -3.83. The standard InChI is InChI=1S/C22H25FN4O6S2/c1-13-17-9-18-20(22(28)24-2)21(14-5-7-15(23)8-6-14)25-26(18)11-19(17)27(35(4,31)32)10-16(33-13)12-34(3,29)30/h5-9,11,13,16H,10,12H2,1-4H3,(H,24,28). The van der Waals surface area contributed by atoms with Crippen molar-refractivity contribution in [2.45, 2.75) is 19.1 Å².